The Morgan fingerprint density at radius 2 is 2.18 bits per heavy atom. The minimum absolute atomic E-state index is 0.0162. The molecule has 5 heteroatoms. The van der Waals surface area contributed by atoms with Crippen molar-refractivity contribution in [1.29, 1.82) is 0 Å². The molecular formula is C17H25FN2O2. The Labute approximate surface area is 131 Å². The highest BCUT2D eigenvalue weighted by Crippen LogP contribution is 2.22. The summed E-state index contributed by atoms with van der Waals surface area (Å²) in [5, 5.41) is 2.93. The van der Waals surface area contributed by atoms with Crippen molar-refractivity contribution in [3.8, 4) is 0 Å². The summed E-state index contributed by atoms with van der Waals surface area (Å²) in [6.07, 6.45) is 2.80. The minimum atomic E-state index is -0.179. The van der Waals surface area contributed by atoms with Crippen LogP contribution in [-0.2, 0) is 11.2 Å². The normalized spacial score (nSPS) is 17.3. The lowest BCUT2D eigenvalue weighted by atomic mass is 9.90. The number of rotatable bonds is 5. The number of carbonyl (C=O) groups excluding carboxylic acids is 1. The molecule has 0 bridgehead atoms. The molecule has 4 nitrogen and oxygen atoms in total. The van der Waals surface area contributed by atoms with Gasteiger partial charge in [-0.25, -0.2) is 9.18 Å². The largest absolute Gasteiger partial charge is 0.383 e. The lowest BCUT2D eigenvalue weighted by Gasteiger charge is -2.33. The molecule has 0 aliphatic carbocycles. The zero-order chi connectivity index (χ0) is 15.9. The van der Waals surface area contributed by atoms with Crippen molar-refractivity contribution >= 4 is 6.03 Å². The fourth-order valence-electron chi connectivity index (χ4n) is 2.93. The summed E-state index contributed by atoms with van der Waals surface area (Å²) in [4.78, 5) is 14.0. The van der Waals surface area contributed by atoms with Crippen LogP contribution < -0.4 is 5.32 Å². The molecular weight excluding hydrogens is 283 g/mol. The van der Waals surface area contributed by atoms with E-state index in [0.29, 0.717) is 12.5 Å². The lowest BCUT2D eigenvalue weighted by Crippen LogP contribution is -2.48. The maximum Gasteiger partial charge on any atom is 0.317 e. The lowest BCUT2D eigenvalue weighted by molar-refractivity contribution is 0.148. The molecule has 1 aliphatic rings. The molecule has 1 atom stereocenters. The van der Waals surface area contributed by atoms with E-state index in [1.165, 1.54) is 6.07 Å². The van der Waals surface area contributed by atoms with Crippen molar-refractivity contribution in [2.45, 2.75) is 32.2 Å². The van der Waals surface area contributed by atoms with Gasteiger partial charge < -0.3 is 15.0 Å². The highest BCUT2D eigenvalue weighted by atomic mass is 19.1. The number of urea groups is 1. The van der Waals surface area contributed by atoms with Crippen molar-refractivity contribution in [2.75, 3.05) is 26.8 Å². The summed E-state index contributed by atoms with van der Waals surface area (Å²) >= 11 is 0. The monoisotopic (exact) mass is 308 g/mol. The summed E-state index contributed by atoms with van der Waals surface area (Å²) in [7, 11) is 1.63. The number of nitrogens with one attached hydrogen (secondary N) is 1. The van der Waals surface area contributed by atoms with Gasteiger partial charge in [0.1, 0.15) is 5.82 Å². The molecule has 122 valence electrons. The number of halogens is 1. The van der Waals surface area contributed by atoms with Crippen LogP contribution in [0.2, 0.25) is 0 Å². The summed E-state index contributed by atoms with van der Waals surface area (Å²) in [5.41, 5.74) is 1.04. The van der Waals surface area contributed by atoms with Gasteiger partial charge in [-0.1, -0.05) is 12.1 Å². The zero-order valence-electron chi connectivity index (χ0n) is 13.3. The Morgan fingerprint density at radius 1 is 1.45 bits per heavy atom. The summed E-state index contributed by atoms with van der Waals surface area (Å²) in [5.74, 6) is 0.337. The Hall–Kier alpha value is -1.62. The van der Waals surface area contributed by atoms with E-state index in [0.717, 1.165) is 37.9 Å². The second-order valence-electron chi connectivity index (χ2n) is 6.07. The van der Waals surface area contributed by atoms with Crippen molar-refractivity contribution in [3.05, 3.63) is 35.6 Å². The van der Waals surface area contributed by atoms with E-state index in [2.05, 4.69) is 5.32 Å². The number of ether oxygens (including phenoxy) is 1. The number of hydrogen-bond acceptors (Lipinski definition) is 2. The van der Waals surface area contributed by atoms with Gasteiger partial charge in [0.25, 0.3) is 0 Å². The van der Waals surface area contributed by atoms with Crippen LogP contribution in [0, 0.1) is 11.7 Å². The van der Waals surface area contributed by atoms with E-state index in [1.807, 2.05) is 17.9 Å². The van der Waals surface area contributed by atoms with Gasteiger partial charge in [-0.05, 0) is 49.8 Å². The van der Waals surface area contributed by atoms with Gasteiger partial charge in [0.05, 0.1) is 12.6 Å². The van der Waals surface area contributed by atoms with E-state index < -0.39 is 0 Å². The van der Waals surface area contributed by atoms with Crippen LogP contribution in [0.25, 0.3) is 0 Å². The topological polar surface area (TPSA) is 41.6 Å². The van der Waals surface area contributed by atoms with Crippen LogP contribution >= 0.6 is 0 Å². The Bertz CT molecular complexity index is 487. The van der Waals surface area contributed by atoms with Crippen molar-refractivity contribution < 1.29 is 13.9 Å². The van der Waals surface area contributed by atoms with Gasteiger partial charge in [-0.2, -0.15) is 0 Å². The Morgan fingerprint density at radius 3 is 2.82 bits per heavy atom. The number of hydrogen-bond donors (Lipinski definition) is 1. The predicted molar refractivity (Wildman–Crippen MR) is 84.3 cm³/mol. The molecule has 1 fully saturated rings. The number of carbonyl (C=O) groups is 1. The van der Waals surface area contributed by atoms with Gasteiger partial charge in [-0.3, -0.25) is 0 Å². The highest BCUT2D eigenvalue weighted by molar-refractivity contribution is 5.74. The summed E-state index contributed by atoms with van der Waals surface area (Å²) < 4.78 is 18.2. The quantitative estimate of drug-likeness (QED) is 0.909. The maximum absolute atomic E-state index is 13.2. The third kappa shape index (κ3) is 4.98. The van der Waals surface area contributed by atoms with Crippen molar-refractivity contribution in [1.82, 2.24) is 10.2 Å². The first-order valence-electron chi connectivity index (χ1n) is 7.87. The van der Waals surface area contributed by atoms with Crippen molar-refractivity contribution in [2.24, 2.45) is 5.92 Å². The molecule has 0 aromatic heterocycles. The molecule has 1 N–H and O–H groups in total. The van der Waals surface area contributed by atoms with Crippen LogP contribution in [0.15, 0.2) is 24.3 Å². The molecule has 0 spiro atoms. The zero-order valence-corrected chi connectivity index (χ0v) is 13.3. The van der Waals surface area contributed by atoms with Crippen LogP contribution in [0.4, 0.5) is 9.18 Å². The number of likely N-dealkylation sites (tertiary alicyclic amines) is 1. The van der Waals surface area contributed by atoms with Gasteiger partial charge >= 0.3 is 6.03 Å². The first-order chi connectivity index (χ1) is 10.6. The van der Waals surface area contributed by atoms with Gasteiger partial charge in [-0.15, -0.1) is 0 Å². The first-order valence-corrected chi connectivity index (χ1v) is 7.87. The van der Waals surface area contributed by atoms with Gasteiger partial charge in [0.2, 0.25) is 0 Å². The Kier molecular flexibility index (Phi) is 6.19. The third-order valence-corrected chi connectivity index (χ3v) is 4.10. The average molecular weight is 308 g/mol. The molecule has 1 aliphatic heterocycles. The molecule has 1 saturated heterocycles. The number of methoxy groups -OCH3 is 1. The number of nitrogens with zero attached hydrogens (tertiary/aromatic N) is 1. The number of benzene rings is 1. The number of amides is 2. The molecule has 0 saturated carbocycles. The second-order valence-corrected chi connectivity index (χ2v) is 6.07. The molecule has 22 heavy (non-hydrogen) atoms. The maximum atomic E-state index is 13.2. The van der Waals surface area contributed by atoms with E-state index in [-0.39, 0.29) is 17.9 Å². The predicted octanol–water partition coefficient (Wildman–Crippen LogP) is 2.82. The summed E-state index contributed by atoms with van der Waals surface area (Å²) in [6.45, 7) is 3.96. The third-order valence-electron chi connectivity index (χ3n) is 4.10. The van der Waals surface area contributed by atoms with Crippen LogP contribution in [0.5, 0.6) is 0 Å². The molecule has 1 unspecified atom stereocenters. The minimum Gasteiger partial charge on any atom is -0.383 e. The fourth-order valence-corrected chi connectivity index (χ4v) is 2.93. The van der Waals surface area contributed by atoms with Crippen LogP contribution in [0.1, 0.15) is 25.3 Å². The summed E-state index contributed by atoms with van der Waals surface area (Å²) in [6, 6.07) is 6.79. The molecule has 2 amide bonds. The average Bonchev–Trinajstić information content (AvgIpc) is 2.48. The molecule has 1 heterocycles. The fraction of sp³-hybridized carbons (Fsp3) is 0.588. The van der Waals surface area contributed by atoms with Crippen molar-refractivity contribution in [3.63, 3.8) is 0 Å². The smallest absolute Gasteiger partial charge is 0.317 e. The van der Waals surface area contributed by atoms with Crippen LogP contribution in [0.3, 0.4) is 0 Å². The second kappa shape index (κ2) is 8.13. The SMILES string of the molecule is COCC(C)NC(=O)N1CCC(Cc2cccc(F)c2)CC1. The van der Waals surface area contributed by atoms with E-state index in [4.69, 9.17) is 4.74 Å². The highest BCUT2D eigenvalue weighted by Gasteiger charge is 2.23. The first kappa shape index (κ1) is 16.7. The van der Waals surface area contributed by atoms with E-state index >= 15 is 0 Å². The van der Waals surface area contributed by atoms with Gasteiger partial charge in [0, 0.05) is 20.2 Å². The van der Waals surface area contributed by atoms with Crippen LogP contribution in [-0.4, -0.2) is 43.8 Å². The van der Waals surface area contributed by atoms with E-state index in [9.17, 15) is 9.18 Å². The Balaban J connectivity index is 1.76. The standard InChI is InChI=1S/C17H25FN2O2/c1-13(12-22-2)19-17(21)20-8-6-14(7-9-20)10-15-4-3-5-16(18)11-15/h3-5,11,13-14H,6-10,12H2,1-2H3,(H,19,21). The van der Waals surface area contributed by atoms with Gasteiger partial charge in [0.15, 0.2) is 0 Å². The number of piperidine rings is 1. The molecule has 1 aromatic rings. The molecule has 0 radical (unpaired) electrons. The molecule has 2 rings (SSSR count). The van der Waals surface area contributed by atoms with E-state index in [1.54, 1.807) is 19.2 Å². The molecule has 1 aromatic carbocycles.